The predicted octanol–water partition coefficient (Wildman–Crippen LogP) is 3.41. The summed E-state index contributed by atoms with van der Waals surface area (Å²) in [7, 11) is 0. The maximum Gasteiger partial charge on any atom is 0.333 e. The lowest BCUT2D eigenvalue weighted by atomic mass is 10.1. The molecular weight excluding hydrogens is 272 g/mol. The molecule has 0 amide bonds. The molecule has 5 nitrogen and oxygen atoms in total. The van der Waals surface area contributed by atoms with E-state index in [1.807, 2.05) is 13.8 Å². The maximum absolute atomic E-state index is 11.0. The third kappa shape index (κ3) is 9.85. The van der Waals surface area contributed by atoms with E-state index in [0.717, 1.165) is 25.7 Å². The van der Waals surface area contributed by atoms with E-state index in [-0.39, 0.29) is 24.4 Å². The Labute approximate surface area is 126 Å². The molecule has 21 heavy (non-hydrogen) atoms. The van der Waals surface area contributed by atoms with Crippen molar-refractivity contribution in [1.29, 1.82) is 0 Å². The average Bonchev–Trinajstić information content (AvgIpc) is 2.43. The molecular formula is C16H26O5. The van der Waals surface area contributed by atoms with Crippen molar-refractivity contribution in [3.63, 3.8) is 0 Å². The Morgan fingerprint density at radius 1 is 0.857 bits per heavy atom. The molecule has 0 saturated heterocycles. The number of carbonyl (C=O) groups is 2. The Balaban J connectivity index is 4.38. The second-order valence-electron chi connectivity index (χ2n) is 4.85. The van der Waals surface area contributed by atoms with Gasteiger partial charge in [0.15, 0.2) is 0 Å². The third-order valence-corrected chi connectivity index (χ3v) is 2.96. The summed E-state index contributed by atoms with van der Waals surface area (Å²) in [5, 5.41) is 18.1. The Morgan fingerprint density at radius 2 is 1.24 bits per heavy atom. The van der Waals surface area contributed by atoms with E-state index in [4.69, 9.17) is 14.9 Å². The first-order chi connectivity index (χ1) is 10.0. The third-order valence-electron chi connectivity index (χ3n) is 2.96. The van der Waals surface area contributed by atoms with E-state index in [0.29, 0.717) is 12.8 Å². The molecule has 0 aliphatic carbocycles. The van der Waals surface area contributed by atoms with Crippen LogP contribution in [0.25, 0.3) is 0 Å². The lowest BCUT2D eigenvalue weighted by molar-refractivity contribution is -0.133. The van der Waals surface area contributed by atoms with Crippen molar-refractivity contribution in [2.45, 2.75) is 52.4 Å². The summed E-state index contributed by atoms with van der Waals surface area (Å²) in [4.78, 5) is 22.1. The number of ether oxygens (including phenoxy) is 1. The van der Waals surface area contributed by atoms with E-state index in [2.05, 4.69) is 0 Å². The second kappa shape index (κ2) is 12.1. The summed E-state index contributed by atoms with van der Waals surface area (Å²) in [6.45, 7) is 3.92. The van der Waals surface area contributed by atoms with Gasteiger partial charge in [-0.15, -0.1) is 0 Å². The molecule has 120 valence electrons. The summed E-state index contributed by atoms with van der Waals surface area (Å²) in [6.07, 6.45) is 8.52. The number of carboxylic acid groups (broad SMARTS) is 2. The van der Waals surface area contributed by atoms with Gasteiger partial charge in [-0.2, -0.15) is 0 Å². The zero-order valence-corrected chi connectivity index (χ0v) is 12.9. The van der Waals surface area contributed by atoms with Crippen LogP contribution in [0.15, 0.2) is 23.3 Å². The zero-order valence-electron chi connectivity index (χ0n) is 12.9. The minimum atomic E-state index is -1.02. The van der Waals surface area contributed by atoms with Crippen LogP contribution < -0.4 is 0 Å². The predicted molar refractivity (Wildman–Crippen MR) is 81.3 cm³/mol. The largest absolute Gasteiger partial charge is 0.478 e. The van der Waals surface area contributed by atoms with Crippen LogP contribution in [-0.2, 0) is 14.3 Å². The minimum Gasteiger partial charge on any atom is -0.478 e. The number of allylic oxidation sites excluding steroid dienone is 2. The Morgan fingerprint density at radius 3 is 1.52 bits per heavy atom. The summed E-state index contributed by atoms with van der Waals surface area (Å²) in [5.41, 5.74) is 0.364. The van der Waals surface area contributed by atoms with Crippen LogP contribution in [0.5, 0.6) is 0 Å². The molecule has 0 unspecified atom stereocenters. The molecule has 0 saturated carbocycles. The quantitative estimate of drug-likeness (QED) is 0.426. The van der Waals surface area contributed by atoms with Crippen molar-refractivity contribution >= 4 is 11.9 Å². The smallest absolute Gasteiger partial charge is 0.333 e. The van der Waals surface area contributed by atoms with E-state index in [9.17, 15) is 9.59 Å². The molecule has 0 bridgehead atoms. The number of carboxylic acids is 2. The van der Waals surface area contributed by atoms with Gasteiger partial charge in [-0.05, 0) is 12.8 Å². The molecule has 0 aromatic carbocycles. The van der Waals surface area contributed by atoms with Gasteiger partial charge in [-0.3, -0.25) is 0 Å². The monoisotopic (exact) mass is 298 g/mol. The van der Waals surface area contributed by atoms with E-state index in [1.165, 1.54) is 0 Å². The highest BCUT2D eigenvalue weighted by Gasteiger charge is 2.10. The van der Waals surface area contributed by atoms with E-state index >= 15 is 0 Å². The average molecular weight is 298 g/mol. The standard InChI is InChI=1S/C16H26O5/c1-3-5-7-9-13(15(17)18)11-21-12-14(16(19)20)10-8-6-4-2/h9-10H,3-8,11-12H2,1-2H3,(H,17,18)(H,19,20). The molecule has 0 heterocycles. The Hall–Kier alpha value is -1.62. The number of hydrogen-bond donors (Lipinski definition) is 2. The Bertz CT molecular complexity index is 346. The molecule has 0 atom stereocenters. The van der Waals surface area contributed by atoms with Crippen molar-refractivity contribution in [2.24, 2.45) is 0 Å². The molecule has 0 fully saturated rings. The summed E-state index contributed by atoms with van der Waals surface area (Å²) < 4.78 is 5.24. The van der Waals surface area contributed by atoms with Crippen molar-refractivity contribution in [3.05, 3.63) is 23.3 Å². The summed E-state index contributed by atoms with van der Waals surface area (Å²) in [6, 6.07) is 0. The molecule has 0 aliphatic heterocycles. The minimum absolute atomic E-state index is 0.0720. The molecule has 5 heteroatoms. The van der Waals surface area contributed by atoms with Gasteiger partial charge in [0.2, 0.25) is 0 Å². The van der Waals surface area contributed by atoms with Crippen LogP contribution in [0.1, 0.15) is 52.4 Å². The summed E-state index contributed by atoms with van der Waals surface area (Å²) in [5.74, 6) is -2.03. The Kier molecular flexibility index (Phi) is 11.2. The molecule has 0 aromatic heterocycles. The van der Waals surface area contributed by atoms with Gasteiger partial charge in [0.1, 0.15) is 0 Å². The SMILES string of the molecule is CCCCC=C(COCC(=CCCCC)C(=O)O)C(=O)O. The van der Waals surface area contributed by atoms with Gasteiger partial charge < -0.3 is 14.9 Å². The molecule has 0 rings (SSSR count). The van der Waals surface area contributed by atoms with Gasteiger partial charge in [-0.25, -0.2) is 9.59 Å². The van der Waals surface area contributed by atoms with Gasteiger partial charge in [0.25, 0.3) is 0 Å². The molecule has 2 N–H and O–H groups in total. The molecule has 0 aromatic rings. The molecule has 0 spiro atoms. The van der Waals surface area contributed by atoms with Gasteiger partial charge in [0, 0.05) is 0 Å². The normalized spacial score (nSPS) is 12.5. The highest BCUT2D eigenvalue weighted by molar-refractivity contribution is 5.87. The number of rotatable bonds is 12. The highest BCUT2D eigenvalue weighted by atomic mass is 16.5. The van der Waals surface area contributed by atoms with Crippen molar-refractivity contribution in [3.8, 4) is 0 Å². The highest BCUT2D eigenvalue weighted by Crippen LogP contribution is 2.06. The number of unbranched alkanes of at least 4 members (excludes halogenated alkanes) is 4. The van der Waals surface area contributed by atoms with Crippen molar-refractivity contribution in [2.75, 3.05) is 13.2 Å². The van der Waals surface area contributed by atoms with E-state index in [1.54, 1.807) is 12.2 Å². The number of aliphatic carboxylic acids is 2. The second-order valence-corrected chi connectivity index (χ2v) is 4.85. The van der Waals surface area contributed by atoms with Crippen LogP contribution in [-0.4, -0.2) is 35.4 Å². The van der Waals surface area contributed by atoms with Crippen molar-refractivity contribution < 1.29 is 24.5 Å². The lowest BCUT2D eigenvalue weighted by Gasteiger charge is -2.06. The first kappa shape index (κ1) is 19.4. The van der Waals surface area contributed by atoms with Crippen LogP contribution in [0.2, 0.25) is 0 Å². The van der Waals surface area contributed by atoms with Gasteiger partial charge in [0.05, 0.1) is 24.4 Å². The first-order valence-electron chi connectivity index (χ1n) is 7.45. The topological polar surface area (TPSA) is 83.8 Å². The van der Waals surface area contributed by atoms with Crippen LogP contribution in [0.3, 0.4) is 0 Å². The maximum atomic E-state index is 11.0. The first-order valence-corrected chi connectivity index (χ1v) is 7.45. The molecule has 0 radical (unpaired) electrons. The molecule has 0 aliphatic rings. The van der Waals surface area contributed by atoms with Crippen LogP contribution in [0.4, 0.5) is 0 Å². The van der Waals surface area contributed by atoms with E-state index < -0.39 is 11.9 Å². The fourth-order valence-electron chi connectivity index (χ4n) is 1.65. The summed E-state index contributed by atoms with van der Waals surface area (Å²) >= 11 is 0. The zero-order chi connectivity index (χ0) is 16.1. The number of hydrogen-bond acceptors (Lipinski definition) is 3. The van der Waals surface area contributed by atoms with Crippen molar-refractivity contribution in [1.82, 2.24) is 0 Å². The van der Waals surface area contributed by atoms with Gasteiger partial charge in [-0.1, -0.05) is 51.7 Å². The van der Waals surface area contributed by atoms with Gasteiger partial charge >= 0.3 is 11.9 Å². The van der Waals surface area contributed by atoms with Crippen LogP contribution in [0, 0.1) is 0 Å². The van der Waals surface area contributed by atoms with Crippen LogP contribution >= 0.6 is 0 Å². The fourth-order valence-corrected chi connectivity index (χ4v) is 1.65. The fraction of sp³-hybridized carbons (Fsp3) is 0.625. The lowest BCUT2D eigenvalue weighted by Crippen LogP contribution is -2.13.